The average molecular weight is 435 g/mol. The molecule has 2 heterocycles. The molecular formula is C20H44N4O2P2. The Morgan fingerprint density at radius 3 is 1.00 bits per heavy atom. The van der Waals surface area contributed by atoms with Crippen LogP contribution in [0.15, 0.2) is 0 Å². The van der Waals surface area contributed by atoms with E-state index < -0.39 is 14.3 Å². The molecule has 166 valence electrons. The van der Waals surface area contributed by atoms with E-state index in [0.717, 1.165) is 103 Å². The van der Waals surface area contributed by atoms with Gasteiger partial charge in [0.05, 0.1) is 12.6 Å². The molecule has 0 radical (unpaired) electrons. The van der Waals surface area contributed by atoms with Gasteiger partial charge >= 0.3 is 0 Å². The third kappa shape index (κ3) is 7.52. The van der Waals surface area contributed by atoms with Crippen molar-refractivity contribution < 1.29 is 9.13 Å². The highest BCUT2D eigenvalue weighted by Gasteiger charge is 2.26. The van der Waals surface area contributed by atoms with Crippen LogP contribution in [-0.2, 0) is 9.13 Å². The van der Waals surface area contributed by atoms with Crippen LogP contribution in [0.25, 0.3) is 0 Å². The first-order valence-electron chi connectivity index (χ1n) is 11.4. The molecule has 0 aromatic rings. The van der Waals surface area contributed by atoms with E-state index in [1.54, 1.807) is 0 Å². The van der Waals surface area contributed by atoms with Gasteiger partial charge in [0.15, 0.2) is 0 Å². The molecule has 0 saturated carbocycles. The molecule has 0 spiro atoms. The van der Waals surface area contributed by atoms with Crippen LogP contribution in [0.3, 0.4) is 0 Å². The Balaban J connectivity index is 2.02. The molecule has 0 aromatic carbocycles. The van der Waals surface area contributed by atoms with Gasteiger partial charge in [0.25, 0.3) is 0 Å². The molecule has 2 rings (SSSR count). The number of hydrogen-bond acceptors (Lipinski definition) is 6. The minimum absolute atomic E-state index is 0.782. The Labute approximate surface area is 173 Å². The largest absolute Gasteiger partial charge is 0.322 e. The third-order valence-corrected chi connectivity index (χ3v) is 13.3. The summed E-state index contributed by atoms with van der Waals surface area (Å²) in [6.45, 7) is 18.8. The second-order valence-corrected chi connectivity index (χ2v) is 15.9. The van der Waals surface area contributed by atoms with Gasteiger partial charge in [-0.25, -0.2) is 0 Å². The molecule has 0 amide bonds. The van der Waals surface area contributed by atoms with E-state index in [-0.39, 0.29) is 0 Å². The van der Waals surface area contributed by atoms with E-state index in [9.17, 15) is 9.13 Å². The van der Waals surface area contributed by atoms with Gasteiger partial charge in [-0.1, -0.05) is 27.7 Å². The minimum Gasteiger partial charge on any atom is -0.322 e. The van der Waals surface area contributed by atoms with Crippen molar-refractivity contribution in [2.45, 2.75) is 27.7 Å². The molecule has 0 N–H and O–H groups in total. The highest BCUT2D eigenvalue weighted by Crippen LogP contribution is 2.45. The van der Waals surface area contributed by atoms with Crippen molar-refractivity contribution in [2.75, 3.05) is 103 Å². The van der Waals surface area contributed by atoms with Gasteiger partial charge in [0.1, 0.15) is 14.3 Å². The summed E-state index contributed by atoms with van der Waals surface area (Å²) in [6.07, 6.45) is 4.83. The lowest BCUT2D eigenvalue weighted by atomic mass is 10.4. The predicted molar refractivity (Wildman–Crippen MR) is 123 cm³/mol. The molecule has 28 heavy (non-hydrogen) atoms. The molecule has 8 heteroatoms. The summed E-state index contributed by atoms with van der Waals surface area (Å²) in [4.78, 5) is 10.0. The lowest BCUT2D eigenvalue weighted by molar-refractivity contribution is 0.196. The number of rotatable bonds is 8. The zero-order valence-electron chi connectivity index (χ0n) is 18.8. The first-order valence-corrected chi connectivity index (χ1v) is 15.9. The van der Waals surface area contributed by atoms with Crippen molar-refractivity contribution in [1.29, 1.82) is 0 Å². The molecular weight excluding hydrogens is 390 g/mol. The summed E-state index contributed by atoms with van der Waals surface area (Å²) in [7, 11) is -4.08. The first kappa shape index (κ1) is 24.6. The summed E-state index contributed by atoms with van der Waals surface area (Å²) in [5.74, 6) is 0. The summed E-state index contributed by atoms with van der Waals surface area (Å²) in [6, 6.07) is 0. The third-order valence-electron chi connectivity index (χ3n) is 6.88. The standard InChI is InChI=1S/C20H44N4O2P2/c1-5-27(25,6-2)19-23-15-11-21-9-10-22(12-16-23)14-18-24(17-13-21)20-28(26,7-3)8-4/h5-20H2,1-4H3. The molecule has 0 unspecified atom stereocenters. The monoisotopic (exact) mass is 434 g/mol. The predicted octanol–water partition coefficient (Wildman–Crippen LogP) is 2.94. The lowest BCUT2D eigenvalue weighted by Crippen LogP contribution is -2.42. The van der Waals surface area contributed by atoms with Gasteiger partial charge in [0, 0.05) is 65.4 Å². The molecule has 2 bridgehead atoms. The summed E-state index contributed by atoms with van der Waals surface area (Å²) >= 11 is 0. The average Bonchev–Trinajstić information content (AvgIpc) is 2.86. The van der Waals surface area contributed by atoms with Crippen molar-refractivity contribution in [3.8, 4) is 0 Å². The maximum absolute atomic E-state index is 13.0. The molecule has 2 aliphatic rings. The summed E-state index contributed by atoms with van der Waals surface area (Å²) in [5, 5.41) is 0. The van der Waals surface area contributed by atoms with E-state index in [0.29, 0.717) is 0 Å². The molecule has 2 saturated heterocycles. The van der Waals surface area contributed by atoms with Crippen LogP contribution in [0.1, 0.15) is 27.7 Å². The van der Waals surface area contributed by atoms with Crippen molar-refractivity contribution in [3.05, 3.63) is 0 Å². The van der Waals surface area contributed by atoms with Crippen LogP contribution in [0.4, 0.5) is 0 Å². The van der Waals surface area contributed by atoms with E-state index in [1.165, 1.54) is 0 Å². The second-order valence-electron chi connectivity index (χ2n) is 8.58. The Morgan fingerprint density at radius 1 is 0.500 bits per heavy atom. The van der Waals surface area contributed by atoms with Gasteiger partial charge in [-0.05, 0) is 24.6 Å². The quantitative estimate of drug-likeness (QED) is 0.548. The molecule has 6 nitrogen and oxygen atoms in total. The smallest absolute Gasteiger partial charge is 0.100 e. The lowest BCUT2D eigenvalue weighted by Gasteiger charge is -2.32. The Morgan fingerprint density at radius 2 is 0.750 bits per heavy atom. The SMILES string of the molecule is CCP(=O)(CC)CN1CCN2CCN(CC1)CCN(CP(=O)(CC)CC)CC2. The number of fused-ring (bicyclic) bond motifs is 3. The second kappa shape index (κ2) is 11.6. The van der Waals surface area contributed by atoms with Crippen molar-refractivity contribution in [1.82, 2.24) is 19.6 Å². The fourth-order valence-electron chi connectivity index (χ4n) is 4.17. The maximum atomic E-state index is 13.0. The molecule has 0 aromatic heterocycles. The fraction of sp³-hybridized carbons (Fsp3) is 1.00. The molecule has 0 aliphatic carbocycles. The Bertz CT molecular complexity index is 480. The number of nitrogens with zero attached hydrogens (tertiary/aromatic N) is 4. The van der Waals surface area contributed by atoms with Crippen molar-refractivity contribution in [2.24, 2.45) is 0 Å². The van der Waals surface area contributed by atoms with Crippen molar-refractivity contribution in [3.63, 3.8) is 0 Å². The highest BCUT2D eigenvalue weighted by atomic mass is 31.2. The summed E-state index contributed by atoms with van der Waals surface area (Å²) in [5.41, 5.74) is 0. The normalized spacial score (nSPS) is 26.7. The van der Waals surface area contributed by atoms with Crippen molar-refractivity contribution >= 4 is 14.3 Å². The topological polar surface area (TPSA) is 47.1 Å². The van der Waals surface area contributed by atoms with Crippen LogP contribution in [0, 0.1) is 0 Å². The highest BCUT2D eigenvalue weighted by molar-refractivity contribution is 7.64. The molecule has 2 aliphatic heterocycles. The van der Waals surface area contributed by atoms with E-state index in [2.05, 4.69) is 47.3 Å². The Kier molecular flexibility index (Phi) is 10.2. The van der Waals surface area contributed by atoms with Crippen LogP contribution in [0.2, 0.25) is 0 Å². The van der Waals surface area contributed by atoms with Gasteiger partial charge in [0.2, 0.25) is 0 Å². The fourth-order valence-corrected chi connectivity index (χ4v) is 7.89. The zero-order valence-corrected chi connectivity index (χ0v) is 20.6. The van der Waals surface area contributed by atoms with E-state index in [1.807, 2.05) is 0 Å². The van der Waals surface area contributed by atoms with Gasteiger partial charge in [-0.2, -0.15) is 0 Å². The van der Waals surface area contributed by atoms with Crippen LogP contribution in [-0.4, -0.2) is 122 Å². The van der Waals surface area contributed by atoms with Gasteiger partial charge < -0.3 is 9.13 Å². The number of hydrogen-bond donors (Lipinski definition) is 0. The van der Waals surface area contributed by atoms with Crippen LogP contribution >= 0.6 is 14.3 Å². The van der Waals surface area contributed by atoms with Gasteiger partial charge in [-0.15, -0.1) is 0 Å². The summed E-state index contributed by atoms with van der Waals surface area (Å²) < 4.78 is 26.0. The molecule has 0 atom stereocenters. The zero-order chi connectivity index (χ0) is 20.6. The minimum atomic E-state index is -2.04. The first-order chi connectivity index (χ1) is 13.3. The van der Waals surface area contributed by atoms with E-state index >= 15 is 0 Å². The van der Waals surface area contributed by atoms with E-state index in [4.69, 9.17) is 0 Å². The molecule has 2 fully saturated rings. The Hall–Kier alpha value is 0.300. The van der Waals surface area contributed by atoms with Crippen LogP contribution < -0.4 is 0 Å². The van der Waals surface area contributed by atoms with Crippen LogP contribution in [0.5, 0.6) is 0 Å². The van der Waals surface area contributed by atoms with Gasteiger partial charge in [-0.3, -0.25) is 19.6 Å². The maximum Gasteiger partial charge on any atom is 0.100 e.